The molecule has 26 heavy (non-hydrogen) atoms. The van der Waals surface area contributed by atoms with Crippen molar-refractivity contribution in [2.45, 2.75) is 11.0 Å². The maximum atomic E-state index is 12.5. The number of rotatable bonds is 5. The van der Waals surface area contributed by atoms with Crippen LogP contribution in [-0.2, 0) is 11.2 Å². The second-order valence-electron chi connectivity index (χ2n) is 6.05. The topological polar surface area (TPSA) is 51.5 Å². The van der Waals surface area contributed by atoms with Crippen LogP contribution in [0.5, 0.6) is 5.75 Å². The Morgan fingerprint density at radius 1 is 1.23 bits per heavy atom. The van der Waals surface area contributed by atoms with E-state index in [4.69, 9.17) is 9.15 Å². The van der Waals surface area contributed by atoms with Gasteiger partial charge in [0.25, 0.3) is 0 Å². The van der Waals surface area contributed by atoms with Crippen LogP contribution in [-0.4, -0.2) is 24.5 Å². The third kappa shape index (κ3) is 3.71. The predicted octanol–water partition coefficient (Wildman–Crippen LogP) is 5.10. The maximum absolute atomic E-state index is 12.5. The number of fused-ring (bicyclic) bond motifs is 1. The Morgan fingerprint density at radius 3 is 2.88 bits per heavy atom. The fourth-order valence-electron chi connectivity index (χ4n) is 3.02. The average Bonchev–Trinajstić information content (AvgIpc) is 3.32. The molecule has 1 aliphatic heterocycles. The molecule has 0 saturated carbocycles. The largest absolute Gasteiger partial charge is 0.497 e. The summed E-state index contributed by atoms with van der Waals surface area (Å²) >= 11 is 3.92. The summed E-state index contributed by atoms with van der Waals surface area (Å²) in [6, 6.07) is 13.8. The number of furan rings is 1. The van der Waals surface area contributed by atoms with Crippen molar-refractivity contribution in [2.24, 2.45) is 0 Å². The fraction of sp³-hybridized carbons (Fsp3) is 0.250. The third-order valence-electron chi connectivity index (χ3n) is 4.28. The second kappa shape index (κ2) is 7.68. The van der Waals surface area contributed by atoms with Gasteiger partial charge in [0, 0.05) is 34.2 Å². The Kier molecular flexibility index (Phi) is 5.13. The van der Waals surface area contributed by atoms with Gasteiger partial charge in [-0.15, -0.1) is 23.5 Å². The van der Waals surface area contributed by atoms with Gasteiger partial charge in [0.05, 0.1) is 24.4 Å². The van der Waals surface area contributed by atoms with E-state index in [1.54, 1.807) is 13.4 Å². The molecule has 2 aromatic carbocycles. The van der Waals surface area contributed by atoms with Gasteiger partial charge in [-0.2, -0.15) is 0 Å². The summed E-state index contributed by atoms with van der Waals surface area (Å²) in [5.74, 6) is 3.06. The first kappa shape index (κ1) is 17.4. The number of benzene rings is 2. The molecule has 6 heteroatoms. The van der Waals surface area contributed by atoms with E-state index >= 15 is 0 Å². The lowest BCUT2D eigenvalue weighted by Crippen LogP contribution is -2.14. The molecule has 1 amide bonds. The highest BCUT2D eigenvalue weighted by Crippen LogP contribution is 2.45. The van der Waals surface area contributed by atoms with E-state index in [-0.39, 0.29) is 12.3 Å². The van der Waals surface area contributed by atoms with Crippen molar-refractivity contribution in [2.75, 3.05) is 23.9 Å². The number of carbonyl (C=O) groups excluding carboxylic acids is 1. The van der Waals surface area contributed by atoms with Gasteiger partial charge in [-0.25, -0.2) is 0 Å². The normalized spacial score (nSPS) is 14.7. The lowest BCUT2D eigenvalue weighted by molar-refractivity contribution is -0.115. The lowest BCUT2D eigenvalue weighted by atomic mass is 10.1. The molecular weight excluding hydrogens is 366 g/mol. The number of anilines is 1. The summed E-state index contributed by atoms with van der Waals surface area (Å²) in [7, 11) is 1.62. The smallest absolute Gasteiger partial charge is 0.228 e. The van der Waals surface area contributed by atoms with Gasteiger partial charge in [-0.3, -0.25) is 4.79 Å². The van der Waals surface area contributed by atoms with E-state index in [1.165, 1.54) is 17.1 Å². The molecule has 0 spiro atoms. The first-order valence-corrected chi connectivity index (χ1v) is 10.5. The standard InChI is InChI=1S/C20H19NO3S2/c1-23-16-5-6-17-14(12-24-18(17)11-16)10-19(22)21-15-4-2-3-13(9-15)20-25-7-8-26-20/h2-6,9,11-12,20H,7-8,10H2,1H3,(H,21,22). The molecule has 1 aliphatic rings. The number of hydrogen-bond acceptors (Lipinski definition) is 5. The van der Waals surface area contributed by atoms with E-state index in [0.29, 0.717) is 4.58 Å². The minimum Gasteiger partial charge on any atom is -0.497 e. The molecular formula is C20H19NO3S2. The molecule has 2 heterocycles. The summed E-state index contributed by atoms with van der Waals surface area (Å²) < 4.78 is 11.2. The maximum Gasteiger partial charge on any atom is 0.228 e. The number of carbonyl (C=O) groups is 1. The molecule has 4 nitrogen and oxygen atoms in total. The first-order chi connectivity index (χ1) is 12.7. The zero-order valence-corrected chi connectivity index (χ0v) is 16.0. The van der Waals surface area contributed by atoms with Crippen LogP contribution < -0.4 is 10.1 Å². The number of methoxy groups -OCH3 is 1. The van der Waals surface area contributed by atoms with E-state index in [2.05, 4.69) is 17.4 Å². The highest BCUT2D eigenvalue weighted by molar-refractivity contribution is 8.19. The van der Waals surface area contributed by atoms with Crippen LogP contribution in [0.4, 0.5) is 5.69 Å². The zero-order valence-electron chi connectivity index (χ0n) is 14.4. The Labute approximate surface area is 160 Å². The van der Waals surface area contributed by atoms with Gasteiger partial charge in [0.15, 0.2) is 0 Å². The highest BCUT2D eigenvalue weighted by atomic mass is 32.2. The Balaban J connectivity index is 1.46. The zero-order chi connectivity index (χ0) is 17.9. The van der Waals surface area contributed by atoms with Gasteiger partial charge in [0.1, 0.15) is 11.3 Å². The van der Waals surface area contributed by atoms with Crippen LogP contribution in [0, 0.1) is 0 Å². The summed E-state index contributed by atoms with van der Waals surface area (Å²) in [5, 5.41) is 3.95. The van der Waals surface area contributed by atoms with Gasteiger partial charge < -0.3 is 14.5 Å². The van der Waals surface area contributed by atoms with E-state index < -0.39 is 0 Å². The molecule has 4 rings (SSSR count). The summed E-state index contributed by atoms with van der Waals surface area (Å²) in [5.41, 5.74) is 3.70. The molecule has 0 radical (unpaired) electrons. The van der Waals surface area contributed by atoms with Crippen LogP contribution in [0.3, 0.4) is 0 Å². The average molecular weight is 386 g/mol. The van der Waals surface area contributed by atoms with Gasteiger partial charge in [0.2, 0.25) is 5.91 Å². The number of hydrogen-bond donors (Lipinski definition) is 1. The minimum atomic E-state index is -0.0487. The molecule has 0 bridgehead atoms. The quantitative estimate of drug-likeness (QED) is 0.662. The second-order valence-corrected chi connectivity index (χ2v) is 8.77. The Hall–Kier alpha value is -2.05. The van der Waals surface area contributed by atoms with E-state index in [0.717, 1.165) is 28.0 Å². The van der Waals surface area contributed by atoms with Gasteiger partial charge in [-0.1, -0.05) is 12.1 Å². The van der Waals surface area contributed by atoms with E-state index in [1.807, 2.05) is 53.9 Å². The SMILES string of the molecule is COc1ccc2c(CC(=O)Nc3cccc(C4SCCS4)c3)coc2c1. The van der Waals surface area contributed by atoms with Crippen molar-refractivity contribution >= 4 is 46.1 Å². The van der Waals surface area contributed by atoms with Crippen molar-refractivity contribution < 1.29 is 13.9 Å². The molecule has 1 fully saturated rings. The molecule has 0 unspecified atom stereocenters. The molecule has 3 aromatic rings. The molecule has 134 valence electrons. The molecule has 1 saturated heterocycles. The van der Waals surface area contributed by atoms with Crippen molar-refractivity contribution in [3.05, 3.63) is 59.9 Å². The summed E-state index contributed by atoms with van der Waals surface area (Å²) in [4.78, 5) is 12.5. The van der Waals surface area contributed by atoms with Crippen LogP contribution in [0.1, 0.15) is 15.7 Å². The predicted molar refractivity (Wildman–Crippen MR) is 109 cm³/mol. The molecule has 0 aliphatic carbocycles. The highest BCUT2D eigenvalue weighted by Gasteiger charge is 2.18. The molecule has 1 aromatic heterocycles. The Morgan fingerprint density at radius 2 is 2.08 bits per heavy atom. The van der Waals surface area contributed by atoms with Crippen LogP contribution in [0.25, 0.3) is 11.0 Å². The molecule has 1 N–H and O–H groups in total. The monoisotopic (exact) mass is 385 g/mol. The van der Waals surface area contributed by atoms with Crippen molar-refractivity contribution in [3.8, 4) is 5.75 Å². The fourth-order valence-corrected chi connectivity index (χ4v) is 5.86. The number of amides is 1. The Bertz CT molecular complexity index is 932. The van der Waals surface area contributed by atoms with Gasteiger partial charge >= 0.3 is 0 Å². The summed E-state index contributed by atoms with van der Waals surface area (Å²) in [6.45, 7) is 0. The number of thioether (sulfide) groups is 2. The third-order valence-corrected chi connectivity index (χ3v) is 7.38. The van der Waals surface area contributed by atoms with Gasteiger partial charge in [-0.05, 0) is 29.8 Å². The lowest BCUT2D eigenvalue weighted by Gasteiger charge is -2.11. The van der Waals surface area contributed by atoms with Crippen molar-refractivity contribution in [3.63, 3.8) is 0 Å². The first-order valence-electron chi connectivity index (χ1n) is 8.40. The van der Waals surface area contributed by atoms with Crippen LogP contribution in [0.15, 0.2) is 53.1 Å². The van der Waals surface area contributed by atoms with Crippen molar-refractivity contribution in [1.29, 1.82) is 0 Å². The van der Waals surface area contributed by atoms with E-state index in [9.17, 15) is 4.79 Å². The number of nitrogens with one attached hydrogen (secondary N) is 1. The summed E-state index contributed by atoms with van der Waals surface area (Å²) in [6.07, 6.45) is 1.92. The number of ether oxygens (including phenoxy) is 1. The van der Waals surface area contributed by atoms with Crippen LogP contribution >= 0.6 is 23.5 Å². The van der Waals surface area contributed by atoms with Crippen molar-refractivity contribution in [1.82, 2.24) is 0 Å². The minimum absolute atomic E-state index is 0.0487. The molecule has 0 atom stereocenters. The van der Waals surface area contributed by atoms with Crippen LogP contribution in [0.2, 0.25) is 0 Å².